The Balaban J connectivity index is 1.31. The lowest BCUT2D eigenvalue weighted by atomic mass is 9.96. The van der Waals surface area contributed by atoms with Crippen molar-refractivity contribution in [3.63, 3.8) is 0 Å². The number of nitrogens with zero attached hydrogens (tertiary/aromatic N) is 6. The van der Waals surface area contributed by atoms with Gasteiger partial charge in [0, 0.05) is 55.6 Å². The highest BCUT2D eigenvalue weighted by atomic mass is 35.5. The summed E-state index contributed by atoms with van der Waals surface area (Å²) in [7, 11) is 1.61. The van der Waals surface area contributed by atoms with Gasteiger partial charge in [0.15, 0.2) is 0 Å². The van der Waals surface area contributed by atoms with Crippen molar-refractivity contribution in [3.8, 4) is 11.4 Å². The van der Waals surface area contributed by atoms with Crippen LogP contribution < -0.4 is 15.0 Å². The molecule has 1 amide bonds. The van der Waals surface area contributed by atoms with Crippen LogP contribution in [0.4, 0.5) is 26.6 Å². The van der Waals surface area contributed by atoms with Gasteiger partial charge in [-0.1, -0.05) is 23.7 Å². The summed E-state index contributed by atoms with van der Waals surface area (Å²) in [6.45, 7) is 7.87. The third-order valence-electron chi connectivity index (χ3n) is 7.80. The van der Waals surface area contributed by atoms with Gasteiger partial charge < -0.3 is 29.2 Å². The molecule has 1 aliphatic carbocycles. The lowest BCUT2D eigenvalue weighted by Crippen LogP contribution is -2.50. The summed E-state index contributed by atoms with van der Waals surface area (Å²) in [4.78, 5) is 30.8. The van der Waals surface area contributed by atoms with E-state index in [1.165, 1.54) is 12.1 Å². The number of anilines is 3. The number of hydrogen-bond donors (Lipinski definition) is 1. The van der Waals surface area contributed by atoms with Crippen LogP contribution in [0.1, 0.15) is 49.9 Å². The highest BCUT2D eigenvalue weighted by Crippen LogP contribution is 2.42. The van der Waals surface area contributed by atoms with E-state index in [4.69, 9.17) is 31.0 Å². The number of ether oxygens (including phenoxy) is 2. The molecule has 0 spiro atoms. The molecule has 1 N–H and O–H groups in total. The van der Waals surface area contributed by atoms with Crippen molar-refractivity contribution in [2.75, 3.05) is 43.5 Å². The highest BCUT2D eigenvalue weighted by molar-refractivity contribution is 6.29. The van der Waals surface area contributed by atoms with E-state index in [0.29, 0.717) is 43.0 Å². The summed E-state index contributed by atoms with van der Waals surface area (Å²) < 4.78 is 26.8. The first-order valence-corrected chi connectivity index (χ1v) is 15.0. The van der Waals surface area contributed by atoms with Crippen molar-refractivity contribution in [1.82, 2.24) is 24.4 Å². The van der Waals surface area contributed by atoms with Crippen molar-refractivity contribution in [2.24, 2.45) is 0 Å². The third kappa shape index (κ3) is 6.28. The molecule has 1 unspecified atom stereocenters. The molecule has 6 rings (SSSR count). The van der Waals surface area contributed by atoms with Gasteiger partial charge >= 0.3 is 6.09 Å². The Bertz CT molecular complexity index is 1660. The molecule has 0 radical (unpaired) electrons. The number of halogens is 2. The van der Waals surface area contributed by atoms with Gasteiger partial charge in [-0.2, -0.15) is 4.98 Å². The topological polar surface area (TPSA) is 97.6 Å². The van der Waals surface area contributed by atoms with E-state index in [-0.39, 0.29) is 17.8 Å². The number of piperazine rings is 1. The quantitative estimate of drug-likeness (QED) is 0.267. The molecule has 3 heterocycles. The highest BCUT2D eigenvalue weighted by Gasteiger charge is 2.33. The fraction of sp³-hybridized carbons (Fsp3) is 0.375. The van der Waals surface area contributed by atoms with Gasteiger partial charge in [-0.3, -0.25) is 0 Å². The van der Waals surface area contributed by atoms with E-state index >= 15 is 0 Å². The molecule has 230 valence electrons. The third-order valence-corrected chi connectivity index (χ3v) is 7.99. The zero-order valence-electron chi connectivity index (χ0n) is 25.2. The second-order valence-electron chi connectivity index (χ2n) is 11.9. The van der Waals surface area contributed by atoms with Crippen molar-refractivity contribution < 1.29 is 18.7 Å². The number of carbonyl (C=O) groups is 1. The average Bonchev–Trinajstić information content (AvgIpc) is 3.62. The molecule has 1 aliphatic heterocycles. The lowest BCUT2D eigenvalue weighted by molar-refractivity contribution is 0.0240. The molecular weight excluding hydrogens is 585 g/mol. The van der Waals surface area contributed by atoms with Gasteiger partial charge in [0.05, 0.1) is 18.5 Å². The zero-order chi connectivity index (χ0) is 31.0. The molecule has 2 aliphatic rings. The van der Waals surface area contributed by atoms with Crippen LogP contribution in [0.25, 0.3) is 5.69 Å². The number of hydrogen-bond acceptors (Lipinski definition) is 8. The van der Waals surface area contributed by atoms with Crippen molar-refractivity contribution in [3.05, 3.63) is 82.8 Å². The van der Waals surface area contributed by atoms with E-state index < -0.39 is 5.60 Å². The molecule has 10 nitrogen and oxygen atoms in total. The lowest BCUT2D eigenvalue weighted by Gasteiger charge is -2.37. The summed E-state index contributed by atoms with van der Waals surface area (Å²) in [5, 5.41) is 3.77. The summed E-state index contributed by atoms with van der Waals surface area (Å²) in [6, 6.07) is 12.3. The molecular formula is C32H35ClFN7O3. The summed E-state index contributed by atoms with van der Waals surface area (Å²) >= 11 is 6.03. The SMILES string of the molecule is COc1cc(Nc2nc3c(c(N4CCN(C(=O)OC(C)(C)C)CC4)n2)CCC3c2ccc(F)cc2)ccc1-n1cnc(Cl)c1. The van der Waals surface area contributed by atoms with Crippen molar-refractivity contribution >= 4 is 35.1 Å². The number of rotatable bonds is 6. The van der Waals surface area contributed by atoms with Gasteiger partial charge in [0.1, 0.15) is 34.5 Å². The minimum Gasteiger partial charge on any atom is -0.494 e. The first-order chi connectivity index (χ1) is 21.1. The predicted molar refractivity (Wildman–Crippen MR) is 167 cm³/mol. The molecule has 2 aromatic carbocycles. The van der Waals surface area contributed by atoms with Gasteiger partial charge in [-0.25, -0.2) is 19.2 Å². The van der Waals surface area contributed by atoms with Gasteiger partial charge in [-0.05, 0) is 63.4 Å². The first kappa shape index (κ1) is 29.7. The predicted octanol–water partition coefficient (Wildman–Crippen LogP) is 6.34. The Labute approximate surface area is 260 Å². The largest absolute Gasteiger partial charge is 0.494 e. The molecule has 4 aromatic rings. The minimum absolute atomic E-state index is 0.0128. The zero-order valence-corrected chi connectivity index (χ0v) is 25.9. The Morgan fingerprint density at radius 2 is 1.82 bits per heavy atom. The van der Waals surface area contributed by atoms with Gasteiger partial charge in [0.25, 0.3) is 0 Å². The van der Waals surface area contributed by atoms with Crippen LogP contribution in [0.3, 0.4) is 0 Å². The number of carbonyl (C=O) groups excluding carboxylic acids is 1. The second kappa shape index (κ2) is 12.0. The number of imidazole rings is 1. The fourth-order valence-corrected chi connectivity index (χ4v) is 5.88. The van der Waals surface area contributed by atoms with Gasteiger partial charge in [-0.15, -0.1) is 0 Å². The van der Waals surface area contributed by atoms with Crippen LogP contribution in [0.15, 0.2) is 55.0 Å². The Morgan fingerprint density at radius 1 is 1.07 bits per heavy atom. The number of benzene rings is 2. The summed E-state index contributed by atoms with van der Waals surface area (Å²) in [5.74, 6) is 1.66. The fourth-order valence-electron chi connectivity index (χ4n) is 5.74. The van der Waals surface area contributed by atoms with Crippen LogP contribution in [-0.2, 0) is 11.2 Å². The molecule has 1 atom stereocenters. The first-order valence-electron chi connectivity index (χ1n) is 14.6. The standard InChI is InChI=1S/C32H35ClFN7O3/c1-32(2,3)44-31(42)40-15-13-39(14-16-40)29-24-11-10-23(20-5-7-21(34)8-6-20)28(24)37-30(38-29)36-22-9-12-25(26(17-22)43-4)41-18-27(33)35-19-41/h5-9,12,17-19,23H,10-11,13-16H2,1-4H3,(H,36,37,38). The minimum atomic E-state index is -0.551. The number of amides is 1. The number of fused-ring (bicyclic) bond motifs is 1. The Hall–Kier alpha value is -4.38. The molecule has 12 heteroatoms. The number of nitrogens with one attached hydrogen (secondary N) is 1. The van der Waals surface area contributed by atoms with Crippen LogP contribution in [-0.4, -0.2) is 69.4 Å². The van der Waals surface area contributed by atoms with Crippen molar-refractivity contribution in [2.45, 2.75) is 45.1 Å². The molecule has 1 saturated heterocycles. The van der Waals surface area contributed by atoms with E-state index in [9.17, 15) is 9.18 Å². The molecule has 44 heavy (non-hydrogen) atoms. The molecule has 1 fully saturated rings. The number of methoxy groups -OCH3 is 1. The monoisotopic (exact) mass is 619 g/mol. The van der Waals surface area contributed by atoms with Crippen LogP contribution >= 0.6 is 11.6 Å². The van der Waals surface area contributed by atoms with Crippen LogP contribution in [0.5, 0.6) is 5.75 Å². The maximum absolute atomic E-state index is 13.8. The smallest absolute Gasteiger partial charge is 0.410 e. The average molecular weight is 620 g/mol. The van der Waals surface area contributed by atoms with E-state index in [1.807, 2.05) is 51.1 Å². The number of aromatic nitrogens is 4. The summed E-state index contributed by atoms with van der Waals surface area (Å²) in [6.07, 6.45) is 4.68. The molecule has 0 saturated carbocycles. The molecule has 2 aromatic heterocycles. The van der Waals surface area contributed by atoms with Crippen LogP contribution in [0, 0.1) is 5.82 Å². The maximum atomic E-state index is 13.8. The normalized spacial score (nSPS) is 16.5. The molecule has 0 bridgehead atoms. The maximum Gasteiger partial charge on any atom is 0.410 e. The van der Waals surface area contributed by atoms with E-state index in [0.717, 1.165) is 46.9 Å². The van der Waals surface area contributed by atoms with Crippen LogP contribution in [0.2, 0.25) is 5.15 Å². The summed E-state index contributed by atoms with van der Waals surface area (Å²) in [5.41, 5.74) is 4.00. The Morgan fingerprint density at radius 3 is 2.48 bits per heavy atom. The van der Waals surface area contributed by atoms with Crippen molar-refractivity contribution in [1.29, 1.82) is 0 Å². The van der Waals surface area contributed by atoms with E-state index in [2.05, 4.69) is 15.2 Å². The Kier molecular flexibility index (Phi) is 8.06. The second-order valence-corrected chi connectivity index (χ2v) is 12.3. The van der Waals surface area contributed by atoms with E-state index in [1.54, 1.807) is 29.1 Å². The van der Waals surface area contributed by atoms with Gasteiger partial charge in [0.2, 0.25) is 5.95 Å².